The Morgan fingerprint density at radius 1 is 1.21 bits per heavy atom. The van der Waals surface area contributed by atoms with Crippen LogP contribution >= 0.6 is 15.9 Å². The number of rotatable bonds is 4. The first-order valence-corrected chi connectivity index (χ1v) is 6.66. The van der Waals surface area contributed by atoms with Crippen molar-refractivity contribution in [2.75, 3.05) is 0 Å². The van der Waals surface area contributed by atoms with Crippen LogP contribution in [0, 0.1) is 5.82 Å². The summed E-state index contributed by atoms with van der Waals surface area (Å²) in [4.78, 5) is 12.1. The van der Waals surface area contributed by atoms with Crippen molar-refractivity contribution in [2.45, 2.75) is 12.5 Å². The molecule has 0 aliphatic rings. The van der Waals surface area contributed by atoms with E-state index in [1.54, 1.807) is 6.07 Å². The first-order chi connectivity index (χ1) is 9.08. The molecule has 0 saturated carbocycles. The Morgan fingerprint density at radius 2 is 1.89 bits per heavy atom. The average molecular weight is 322 g/mol. The highest BCUT2D eigenvalue weighted by atomic mass is 79.9. The van der Waals surface area contributed by atoms with Crippen LogP contribution in [0.15, 0.2) is 53.0 Å². The molecule has 2 rings (SSSR count). The molecule has 4 heteroatoms. The van der Waals surface area contributed by atoms with E-state index in [9.17, 15) is 9.18 Å². The summed E-state index contributed by atoms with van der Waals surface area (Å²) >= 11 is 3.23. The molecule has 0 bridgehead atoms. The minimum Gasteiger partial charge on any atom is -0.324 e. The normalized spacial score (nSPS) is 12.2. The lowest BCUT2D eigenvalue weighted by molar-refractivity contribution is 0.0970. The van der Waals surface area contributed by atoms with Crippen LogP contribution in [0.25, 0.3) is 0 Å². The summed E-state index contributed by atoms with van der Waals surface area (Å²) in [6, 6.07) is 13.2. The predicted octanol–water partition coefficient (Wildman–Crippen LogP) is 3.86. The molecule has 0 fully saturated rings. The fraction of sp³-hybridized carbons (Fsp3) is 0.133. The summed E-state index contributed by atoms with van der Waals surface area (Å²) in [5, 5.41) is 0. The largest absolute Gasteiger partial charge is 0.324 e. The van der Waals surface area contributed by atoms with E-state index < -0.39 is 11.9 Å². The molecular weight excluding hydrogens is 309 g/mol. The third-order valence-corrected chi connectivity index (χ3v) is 3.36. The van der Waals surface area contributed by atoms with Gasteiger partial charge >= 0.3 is 0 Å². The minimum atomic E-state index is -0.520. The van der Waals surface area contributed by atoms with E-state index >= 15 is 0 Å². The molecule has 0 aliphatic carbocycles. The molecule has 2 nitrogen and oxygen atoms in total. The van der Waals surface area contributed by atoms with Crippen LogP contribution in [0.3, 0.4) is 0 Å². The second kappa shape index (κ2) is 6.08. The minimum absolute atomic E-state index is 0.0701. The third kappa shape index (κ3) is 3.49. The van der Waals surface area contributed by atoms with Gasteiger partial charge in [0.05, 0.1) is 5.56 Å². The summed E-state index contributed by atoms with van der Waals surface area (Å²) in [5.41, 5.74) is 6.90. The van der Waals surface area contributed by atoms with Gasteiger partial charge in [0.15, 0.2) is 5.78 Å². The molecule has 1 atom stereocenters. The van der Waals surface area contributed by atoms with Gasteiger partial charge in [-0.05, 0) is 23.8 Å². The first kappa shape index (κ1) is 13.9. The van der Waals surface area contributed by atoms with Gasteiger partial charge in [-0.1, -0.05) is 46.3 Å². The molecule has 0 aliphatic heterocycles. The molecule has 0 amide bonds. The Hall–Kier alpha value is -1.52. The Balaban J connectivity index is 2.15. The maximum Gasteiger partial charge on any atom is 0.167 e. The topological polar surface area (TPSA) is 43.1 Å². The second-order valence-corrected chi connectivity index (χ2v) is 5.18. The van der Waals surface area contributed by atoms with E-state index in [1.807, 2.05) is 30.3 Å². The number of Topliss-reactive ketones (excluding diaryl/α,β-unsaturated/α-hetero) is 1. The molecule has 19 heavy (non-hydrogen) atoms. The lowest BCUT2D eigenvalue weighted by Crippen LogP contribution is -2.16. The maximum absolute atomic E-state index is 13.6. The number of nitrogens with two attached hydrogens (primary N) is 1. The first-order valence-electron chi connectivity index (χ1n) is 5.86. The number of hydrogen-bond donors (Lipinski definition) is 1. The van der Waals surface area contributed by atoms with Gasteiger partial charge in [0, 0.05) is 16.9 Å². The summed E-state index contributed by atoms with van der Waals surface area (Å²) in [7, 11) is 0. The van der Waals surface area contributed by atoms with Gasteiger partial charge in [-0.25, -0.2) is 4.39 Å². The number of hydrogen-bond acceptors (Lipinski definition) is 2. The molecule has 2 aromatic rings. The lowest BCUT2D eigenvalue weighted by atomic mass is 9.98. The molecule has 98 valence electrons. The zero-order chi connectivity index (χ0) is 13.8. The van der Waals surface area contributed by atoms with E-state index in [0.29, 0.717) is 4.47 Å². The zero-order valence-electron chi connectivity index (χ0n) is 10.1. The van der Waals surface area contributed by atoms with E-state index in [1.165, 1.54) is 12.1 Å². The van der Waals surface area contributed by atoms with E-state index in [0.717, 1.165) is 5.56 Å². The molecule has 2 N–H and O–H groups in total. The molecule has 0 radical (unpaired) electrons. The van der Waals surface area contributed by atoms with Crippen LogP contribution in [0.5, 0.6) is 0 Å². The summed E-state index contributed by atoms with van der Waals surface area (Å²) in [5.74, 6) is -0.816. The highest BCUT2D eigenvalue weighted by Gasteiger charge is 2.16. The summed E-state index contributed by atoms with van der Waals surface area (Å²) in [6.07, 6.45) is 0.0807. The van der Waals surface area contributed by atoms with Gasteiger partial charge in [0.1, 0.15) is 5.82 Å². The van der Waals surface area contributed by atoms with Gasteiger partial charge in [-0.15, -0.1) is 0 Å². The standard InChI is InChI=1S/C15H13BrFNO/c16-11-6-7-13(17)12(8-11)15(19)9-14(18)10-4-2-1-3-5-10/h1-8,14H,9,18H2. The van der Waals surface area contributed by atoms with Gasteiger partial charge in [0.2, 0.25) is 0 Å². The number of benzene rings is 2. The van der Waals surface area contributed by atoms with Crippen molar-refractivity contribution in [1.29, 1.82) is 0 Å². The molecular formula is C15H13BrFNO. The predicted molar refractivity (Wildman–Crippen MR) is 76.4 cm³/mol. The van der Waals surface area contributed by atoms with Crippen molar-refractivity contribution in [2.24, 2.45) is 5.73 Å². The lowest BCUT2D eigenvalue weighted by Gasteiger charge is -2.11. The maximum atomic E-state index is 13.6. The number of carbonyl (C=O) groups excluding carboxylic acids is 1. The van der Waals surface area contributed by atoms with Gasteiger partial charge in [-0.3, -0.25) is 4.79 Å². The van der Waals surface area contributed by atoms with Crippen molar-refractivity contribution < 1.29 is 9.18 Å². The van der Waals surface area contributed by atoms with E-state index in [-0.39, 0.29) is 17.8 Å². The average Bonchev–Trinajstić information content (AvgIpc) is 2.42. The van der Waals surface area contributed by atoms with Crippen molar-refractivity contribution in [3.63, 3.8) is 0 Å². The highest BCUT2D eigenvalue weighted by molar-refractivity contribution is 9.10. The number of ketones is 1. The molecule has 0 saturated heterocycles. The number of halogens is 2. The van der Waals surface area contributed by atoms with Gasteiger partial charge in [0.25, 0.3) is 0 Å². The Bertz CT molecular complexity index is 586. The van der Waals surface area contributed by atoms with Crippen molar-refractivity contribution in [3.8, 4) is 0 Å². The summed E-state index contributed by atoms with van der Waals surface area (Å²) < 4.78 is 14.3. The zero-order valence-corrected chi connectivity index (χ0v) is 11.7. The van der Waals surface area contributed by atoms with Gasteiger partial charge < -0.3 is 5.73 Å². The van der Waals surface area contributed by atoms with Crippen LogP contribution in [-0.4, -0.2) is 5.78 Å². The van der Waals surface area contributed by atoms with Crippen molar-refractivity contribution in [1.82, 2.24) is 0 Å². The molecule has 2 aromatic carbocycles. The van der Waals surface area contributed by atoms with E-state index in [4.69, 9.17) is 5.73 Å². The van der Waals surface area contributed by atoms with Crippen LogP contribution in [0.2, 0.25) is 0 Å². The molecule has 0 aromatic heterocycles. The van der Waals surface area contributed by atoms with Crippen LogP contribution in [-0.2, 0) is 0 Å². The van der Waals surface area contributed by atoms with Crippen molar-refractivity contribution >= 4 is 21.7 Å². The quantitative estimate of drug-likeness (QED) is 0.869. The fourth-order valence-electron chi connectivity index (χ4n) is 1.84. The molecule has 0 heterocycles. The Labute approximate surface area is 119 Å². The Kier molecular flexibility index (Phi) is 4.45. The fourth-order valence-corrected chi connectivity index (χ4v) is 2.20. The van der Waals surface area contributed by atoms with E-state index in [2.05, 4.69) is 15.9 Å². The SMILES string of the molecule is NC(CC(=O)c1cc(Br)ccc1F)c1ccccc1. The second-order valence-electron chi connectivity index (χ2n) is 4.27. The van der Waals surface area contributed by atoms with Crippen LogP contribution in [0.4, 0.5) is 4.39 Å². The smallest absolute Gasteiger partial charge is 0.167 e. The molecule has 1 unspecified atom stereocenters. The molecule has 0 spiro atoms. The monoisotopic (exact) mass is 321 g/mol. The summed E-state index contributed by atoms with van der Waals surface area (Å²) in [6.45, 7) is 0. The highest BCUT2D eigenvalue weighted by Crippen LogP contribution is 2.21. The third-order valence-electron chi connectivity index (χ3n) is 2.86. The number of carbonyl (C=O) groups is 1. The van der Waals surface area contributed by atoms with Crippen molar-refractivity contribution in [3.05, 3.63) is 69.9 Å². The van der Waals surface area contributed by atoms with Crippen LogP contribution < -0.4 is 5.73 Å². The Morgan fingerprint density at radius 3 is 2.58 bits per heavy atom. The van der Waals surface area contributed by atoms with Crippen LogP contribution in [0.1, 0.15) is 28.4 Å². The van der Waals surface area contributed by atoms with Gasteiger partial charge in [-0.2, -0.15) is 0 Å².